The summed E-state index contributed by atoms with van der Waals surface area (Å²) in [6.45, 7) is 6.01. The second kappa shape index (κ2) is 4.40. The van der Waals surface area contributed by atoms with E-state index in [0.29, 0.717) is 6.17 Å². The summed E-state index contributed by atoms with van der Waals surface area (Å²) >= 11 is 0. The molecule has 2 atom stereocenters. The molecule has 0 aromatic heterocycles. The van der Waals surface area contributed by atoms with Crippen LogP contribution in [0.5, 0.6) is 0 Å². The highest BCUT2D eigenvalue weighted by atomic mass is 16.5. The van der Waals surface area contributed by atoms with Gasteiger partial charge < -0.3 is 4.74 Å². The molecule has 2 aliphatic rings. The van der Waals surface area contributed by atoms with Gasteiger partial charge in [0.05, 0.1) is 13.2 Å². The van der Waals surface area contributed by atoms with Gasteiger partial charge in [0.1, 0.15) is 6.17 Å². The first-order valence-electron chi connectivity index (χ1n) is 5.42. The van der Waals surface area contributed by atoms with Crippen LogP contribution in [-0.2, 0) is 4.74 Å². The Hall–Kier alpha value is -0.120. The van der Waals surface area contributed by atoms with Crippen molar-refractivity contribution in [1.82, 2.24) is 10.2 Å². The van der Waals surface area contributed by atoms with Gasteiger partial charge in [-0.25, -0.2) is 5.32 Å². The summed E-state index contributed by atoms with van der Waals surface area (Å²) in [6.07, 6.45) is 4.31. The first-order valence-corrected chi connectivity index (χ1v) is 5.42. The van der Waals surface area contributed by atoms with Gasteiger partial charge in [0, 0.05) is 19.1 Å². The van der Waals surface area contributed by atoms with Crippen molar-refractivity contribution >= 4 is 0 Å². The third-order valence-corrected chi connectivity index (χ3v) is 3.12. The molecule has 3 heteroatoms. The van der Waals surface area contributed by atoms with E-state index < -0.39 is 0 Å². The smallest absolute Gasteiger partial charge is 0.100 e. The highest BCUT2D eigenvalue weighted by Gasteiger charge is 2.31. The predicted octanol–water partition coefficient (Wildman–Crippen LogP) is 0.822. The second-order valence-corrected chi connectivity index (χ2v) is 3.90. The van der Waals surface area contributed by atoms with Gasteiger partial charge in [-0.2, -0.15) is 0 Å². The number of morpholine rings is 1. The van der Waals surface area contributed by atoms with Crippen molar-refractivity contribution in [2.45, 2.75) is 38.4 Å². The first-order chi connectivity index (χ1) is 6.42. The molecule has 2 aliphatic heterocycles. The maximum atomic E-state index is 5.45. The minimum absolute atomic E-state index is 0.362. The van der Waals surface area contributed by atoms with E-state index in [2.05, 4.69) is 17.1 Å². The van der Waals surface area contributed by atoms with Crippen molar-refractivity contribution in [3.8, 4) is 0 Å². The van der Waals surface area contributed by atoms with Gasteiger partial charge in [0.25, 0.3) is 0 Å². The number of hydrogen-bond donors (Lipinski definition) is 0. The summed E-state index contributed by atoms with van der Waals surface area (Å²) < 4.78 is 5.45. The summed E-state index contributed by atoms with van der Waals surface area (Å²) in [5.41, 5.74) is 0. The summed E-state index contributed by atoms with van der Waals surface area (Å²) in [4.78, 5) is 2.53. The Morgan fingerprint density at radius 1 is 1.54 bits per heavy atom. The number of hydrogen-bond acceptors (Lipinski definition) is 2. The van der Waals surface area contributed by atoms with E-state index in [-0.39, 0.29) is 0 Å². The Morgan fingerprint density at radius 2 is 2.46 bits per heavy atom. The Morgan fingerprint density at radius 3 is 3.15 bits per heavy atom. The molecule has 0 aromatic rings. The molecule has 1 radical (unpaired) electrons. The molecule has 0 N–H and O–H groups in total. The highest BCUT2D eigenvalue weighted by Crippen LogP contribution is 2.22. The lowest BCUT2D eigenvalue weighted by Gasteiger charge is -2.34. The Bertz CT molecular complexity index is 157. The zero-order valence-corrected chi connectivity index (χ0v) is 8.41. The van der Waals surface area contributed by atoms with Crippen LogP contribution in [0, 0.1) is 0 Å². The van der Waals surface area contributed by atoms with E-state index in [1.807, 2.05) is 0 Å². The van der Waals surface area contributed by atoms with Gasteiger partial charge in [-0.3, -0.25) is 4.90 Å². The molecule has 13 heavy (non-hydrogen) atoms. The van der Waals surface area contributed by atoms with E-state index >= 15 is 0 Å². The van der Waals surface area contributed by atoms with Crippen LogP contribution in [0.15, 0.2) is 0 Å². The van der Waals surface area contributed by atoms with Crippen LogP contribution >= 0.6 is 0 Å². The molecule has 2 saturated heterocycles. The Labute approximate surface area is 80.4 Å². The lowest BCUT2D eigenvalue weighted by atomic mass is 10.1. The second-order valence-electron chi connectivity index (χ2n) is 3.90. The average Bonchev–Trinajstić information content (AvgIpc) is 2.67. The molecule has 0 spiro atoms. The summed E-state index contributed by atoms with van der Waals surface area (Å²) in [6, 6.07) is 0.760. The van der Waals surface area contributed by atoms with Crippen LogP contribution in [0.2, 0.25) is 0 Å². The van der Waals surface area contributed by atoms with E-state index in [0.717, 1.165) is 25.8 Å². The van der Waals surface area contributed by atoms with Gasteiger partial charge in [0.15, 0.2) is 0 Å². The molecular formula is C10H19N2O. The molecule has 2 fully saturated rings. The summed E-state index contributed by atoms with van der Waals surface area (Å²) in [5, 5.41) is 4.61. The lowest BCUT2D eigenvalue weighted by Crippen LogP contribution is -2.50. The average molecular weight is 183 g/mol. The predicted molar refractivity (Wildman–Crippen MR) is 51.6 cm³/mol. The van der Waals surface area contributed by atoms with Crippen molar-refractivity contribution in [2.75, 3.05) is 26.3 Å². The van der Waals surface area contributed by atoms with Crippen molar-refractivity contribution in [1.29, 1.82) is 0 Å². The fraction of sp³-hybridized carbons (Fsp3) is 1.00. The zero-order chi connectivity index (χ0) is 9.10. The van der Waals surface area contributed by atoms with Crippen LogP contribution in [0.1, 0.15) is 26.2 Å². The van der Waals surface area contributed by atoms with E-state index in [9.17, 15) is 0 Å². The zero-order valence-electron chi connectivity index (χ0n) is 8.41. The van der Waals surface area contributed by atoms with E-state index in [1.54, 1.807) is 0 Å². The van der Waals surface area contributed by atoms with Gasteiger partial charge in [0.2, 0.25) is 0 Å². The number of ether oxygens (including phenoxy) is 1. The van der Waals surface area contributed by atoms with Crippen LogP contribution < -0.4 is 5.32 Å². The molecule has 0 amide bonds. The van der Waals surface area contributed by atoms with Gasteiger partial charge >= 0.3 is 0 Å². The standard InChI is InChI=1S/C10H19N2O/c1-2-9-4-3-6-12(9)10-8-13-7-5-11-10/h9-10H,2-8H2,1H3. The Kier molecular flexibility index (Phi) is 3.19. The Balaban J connectivity index is 1.90. The van der Waals surface area contributed by atoms with Crippen LogP contribution in [0.4, 0.5) is 0 Å². The SMILES string of the molecule is CCC1CCCN1C1COCC[N]1. The van der Waals surface area contributed by atoms with Crippen molar-refractivity contribution < 1.29 is 4.74 Å². The largest absolute Gasteiger partial charge is 0.377 e. The maximum Gasteiger partial charge on any atom is 0.100 e. The summed E-state index contributed by atoms with van der Waals surface area (Å²) in [5.74, 6) is 0. The van der Waals surface area contributed by atoms with Crippen LogP contribution in [-0.4, -0.2) is 43.4 Å². The third kappa shape index (κ3) is 2.03. The van der Waals surface area contributed by atoms with Crippen LogP contribution in [0.25, 0.3) is 0 Å². The van der Waals surface area contributed by atoms with E-state index in [4.69, 9.17) is 4.74 Å². The maximum absolute atomic E-state index is 5.45. The molecule has 2 rings (SSSR count). The summed E-state index contributed by atoms with van der Waals surface area (Å²) in [7, 11) is 0. The molecule has 3 nitrogen and oxygen atoms in total. The van der Waals surface area contributed by atoms with Crippen molar-refractivity contribution in [3.63, 3.8) is 0 Å². The normalized spacial score (nSPS) is 36.7. The quantitative estimate of drug-likeness (QED) is 0.633. The lowest BCUT2D eigenvalue weighted by molar-refractivity contribution is 0.000743. The highest BCUT2D eigenvalue weighted by molar-refractivity contribution is 4.83. The van der Waals surface area contributed by atoms with Gasteiger partial charge in [-0.1, -0.05) is 6.92 Å². The number of rotatable bonds is 2. The van der Waals surface area contributed by atoms with Gasteiger partial charge in [-0.15, -0.1) is 0 Å². The molecular weight excluding hydrogens is 164 g/mol. The fourth-order valence-electron chi connectivity index (χ4n) is 2.40. The molecule has 0 aromatic carbocycles. The fourth-order valence-corrected chi connectivity index (χ4v) is 2.40. The number of nitrogens with zero attached hydrogens (tertiary/aromatic N) is 2. The molecule has 2 unspecified atom stereocenters. The third-order valence-electron chi connectivity index (χ3n) is 3.12. The molecule has 75 valence electrons. The first kappa shape index (κ1) is 9.44. The van der Waals surface area contributed by atoms with Crippen LogP contribution in [0.3, 0.4) is 0 Å². The minimum atomic E-state index is 0.362. The molecule has 0 aliphatic carbocycles. The van der Waals surface area contributed by atoms with Gasteiger partial charge in [-0.05, 0) is 19.3 Å². The topological polar surface area (TPSA) is 26.6 Å². The van der Waals surface area contributed by atoms with Crippen molar-refractivity contribution in [2.24, 2.45) is 0 Å². The molecule has 2 heterocycles. The monoisotopic (exact) mass is 183 g/mol. The van der Waals surface area contributed by atoms with E-state index in [1.165, 1.54) is 25.8 Å². The minimum Gasteiger partial charge on any atom is -0.377 e. The number of likely N-dealkylation sites (tertiary alicyclic amines) is 1. The van der Waals surface area contributed by atoms with Crippen molar-refractivity contribution in [3.05, 3.63) is 0 Å². The molecule has 0 saturated carbocycles. The molecule has 0 bridgehead atoms.